The van der Waals surface area contributed by atoms with Crippen LogP contribution in [-0.4, -0.2) is 30.1 Å². The molecule has 1 aromatic carbocycles. The highest BCUT2D eigenvalue weighted by atomic mass is 79.9. The van der Waals surface area contributed by atoms with Crippen LogP contribution in [0.5, 0.6) is 0 Å². The average Bonchev–Trinajstić information content (AvgIpc) is 3.25. The predicted molar refractivity (Wildman–Crippen MR) is 112 cm³/mol. The average molecular weight is 492 g/mol. The number of carbonyl (C=O) groups excluding carboxylic acids is 2. The number of aromatic nitrogens is 1. The summed E-state index contributed by atoms with van der Waals surface area (Å²) >= 11 is 4.36. The minimum Gasteiger partial charge on any atom is -0.278 e. The molecule has 0 saturated heterocycles. The van der Waals surface area contributed by atoms with Crippen molar-refractivity contribution in [3.05, 3.63) is 74.8 Å². The van der Waals surface area contributed by atoms with Gasteiger partial charge in [-0.15, -0.1) is 11.3 Å². The summed E-state index contributed by atoms with van der Waals surface area (Å²) in [5.41, 5.74) is 1.80. The van der Waals surface area contributed by atoms with E-state index in [1.165, 1.54) is 12.3 Å². The number of benzene rings is 1. The Morgan fingerprint density at radius 3 is 2.66 bits per heavy atom. The number of fused-ring (bicyclic) bond motifs is 1. The zero-order valence-corrected chi connectivity index (χ0v) is 18.3. The third kappa shape index (κ3) is 3.70. The fourth-order valence-corrected chi connectivity index (χ4v) is 6.05. The number of nitrogens with one attached hydrogen (secondary N) is 1. The molecular formula is C19H14BrN3O4S2. The van der Waals surface area contributed by atoms with Crippen molar-refractivity contribution in [3.8, 4) is 0 Å². The van der Waals surface area contributed by atoms with E-state index < -0.39 is 21.8 Å². The van der Waals surface area contributed by atoms with Gasteiger partial charge in [0, 0.05) is 15.5 Å². The van der Waals surface area contributed by atoms with Crippen LogP contribution in [0.25, 0.3) is 0 Å². The van der Waals surface area contributed by atoms with Crippen molar-refractivity contribution in [1.82, 2.24) is 9.88 Å². The first kappa shape index (κ1) is 19.7. The lowest BCUT2D eigenvalue weighted by Crippen LogP contribution is -2.28. The molecule has 1 aliphatic rings. The Morgan fingerprint density at radius 1 is 1.14 bits per heavy atom. The number of thiophene rings is 1. The second-order valence-electron chi connectivity index (χ2n) is 6.41. The lowest BCUT2D eigenvalue weighted by atomic mass is 10.2. The van der Waals surface area contributed by atoms with Gasteiger partial charge in [-0.05, 0) is 64.8 Å². The number of aryl methyl sites for hydroxylation is 1. The summed E-state index contributed by atoms with van der Waals surface area (Å²) in [6.45, 7) is 1.89. The Morgan fingerprint density at radius 2 is 1.93 bits per heavy atom. The molecule has 7 nitrogen and oxygen atoms in total. The summed E-state index contributed by atoms with van der Waals surface area (Å²) in [5, 5.41) is 0. The predicted octanol–water partition coefficient (Wildman–Crippen LogP) is 3.81. The molecule has 2 amide bonds. The van der Waals surface area contributed by atoms with Gasteiger partial charge in [0.1, 0.15) is 9.90 Å². The van der Waals surface area contributed by atoms with Crippen molar-refractivity contribution in [1.29, 1.82) is 0 Å². The second kappa shape index (κ2) is 7.36. The van der Waals surface area contributed by atoms with Gasteiger partial charge in [0.2, 0.25) is 0 Å². The van der Waals surface area contributed by atoms with E-state index in [2.05, 4.69) is 25.6 Å². The topological polar surface area (TPSA) is 96.4 Å². The van der Waals surface area contributed by atoms with Gasteiger partial charge in [-0.1, -0.05) is 6.07 Å². The van der Waals surface area contributed by atoms with E-state index in [0.717, 1.165) is 21.8 Å². The number of pyridine rings is 1. The molecule has 0 bridgehead atoms. The van der Waals surface area contributed by atoms with Crippen molar-refractivity contribution >= 4 is 54.8 Å². The van der Waals surface area contributed by atoms with E-state index in [9.17, 15) is 18.0 Å². The quantitative estimate of drug-likeness (QED) is 0.547. The summed E-state index contributed by atoms with van der Waals surface area (Å²) in [6.07, 6.45) is 1.46. The Labute approximate surface area is 179 Å². The standard InChI is InChI=1S/C19H14BrN3O4S2/c1-11-4-6-15(14(20)9-11)22-29(26,27)16-7-5-12(28-16)10-23-18(24)13-3-2-8-21-17(13)19(23)25/h2-9,22H,10H2,1H3. The monoisotopic (exact) mass is 491 g/mol. The van der Waals surface area contributed by atoms with Crippen LogP contribution in [0.15, 0.2) is 57.3 Å². The van der Waals surface area contributed by atoms with E-state index in [-0.39, 0.29) is 22.0 Å². The molecular weight excluding hydrogens is 478 g/mol. The SMILES string of the molecule is Cc1ccc(NS(=O)(=O)c2ccc(CN3C(=O)c4cccnc4C3=O)s2)c(Br)c1. The normalized spacial score (nSPS) is 13.7. The second-order valence-corrected chi connectivity index (χ2v) is 10.3. The highest BCUT2D eigenvalue weighted by Gasteiger charge is 2.36. The number of imide groups is 1. The molecule has 29 heavy (non-hydrogen) atoms. The fourth-order valence-electron chi connectivity index (χ4n) is 2.90. The smallest absolute Gasteiger partial charge is 0.278 e. The van der Waals surface area contributed by atoms with Crippen LogP contribution < -0.4 is 4.72 Å². The highest BCUT2D eigenvalue weighted by Crippen LogP contribution is 2.30. The minimum absolute atomic E-state index is 0.0115. The first-order valence-electron chi connectivity index (χ1n) is 8.45. The summed E-state index contributed by atoms with van der Waals surface area (Å²) in [5.74, 6) is -0.914. The van der Waals surface area contributed by atoms with Gasteiger partial charge in [-0.3, -0.25) is 24.2 Å². The van der Waals surface area contributed by atoms with Crippen LogP contribution in [0, 0.1) is 6.92 Å². The van der Waals surface area contributed by atoms with Crippen molar-refractivity contribution in [2.24, 2.45) is 0 Å². The molecule has 2 aromatic heterocycles. The summed E-state index contributed by atoms with van der Waals surface area (Å²) < 4.78 is 28.7. The molecule has 4 rings (SSSR count). The molecule has 0 fully saturated rings. The van der Waals surface area contributed by atoms with Crippen LogP contribution in [-0.2, 0) is 16.6 Å². The maximum absolute atomic E-state index is 12.7. The summed E-state index contributed by atoms with van der Waals surface area (Å²) in [7, 11) is -3.80. The van der Waals surface area contributed by atoms with Gasteiger partial charge in [-0.25, -0.2) is 8.42 Å². The van der Waals surface area contributed by atoms with E-state index in [1.807, 2.05) is 13.0 Å². The zero-order valence-electron chi connectivity index (χ0n) is 15.0. The number of hydrogen-bond donors (Lipinski definition) is 1. The number of amides is 2. The Bertz CT molecular complexity index is 1220. The van der Waals surface area contributed by atoms with Gasteiger partial charge in [0.15, 0.2) is 0 Å². The lowest BCUT2D eigenvalue weighted by Gasteiger charge is -2.12. The number of hydrogen-bond acceptors (Lipinski definition) is 6. The maximum Gasteiger partial charge on any atom is 0.280 e. The highest BCUT2D eigenvalue weighted by molar-refractivity contribution is 9.10. The minimum atomic E-state index is -3.80. The maximum atomic E-state index is 12.7. The molecule has 0 atom stereocenters. The largest absolute Gasteiger partial charge is 0.280 e. The van der Waals surface area contributed by atoms with E-state index in [0.29, 0.717) is 15.0 Å². The van der Waals surface area contributed by atoms with Gasteiger partial charge in [0.25, 0.3) is 21.8 Å². The third-order valence-corrected chi connectivity index (χ3v) is 7.90. The lowest BCUT2D eigenvalue weighted by molar-refractivity contribution is 0.0642. The summed E-state index contributed by atoms with van der Waals surface area (Å²) in [6, 6.07) is 11.5. The molecule has 0 saturated carbocycles. The molecule has 0 aliphatic carbocycles. The molecule has 3 aromatic rings. The Hall–Kier alpha value is -2.56. The van der Waals surface area contributed by atoms with E-state index in [1.54, 1.807) is 30.3 Å². The van der Waals surface area contributed by atoms with Crippen molar-refractivity contribution in [2.75, 3.05) is 4.72 Å². The number of anilines is 1. The van der Waals surface area contributed by atoms with E-state index >= 15 is 0 Å². The first-order valence-corrected chi connectivity index (χ1v) is 11.5. The number of rotatable bonds is 5. The van der Waals surface area contributed by atoms with Gasteiger partial charge in [-0.2, -0.15) is 0 Å². The number of halogens is 1. The number of nitrogens with zero attached hydrogens (tertiary/aromatic N) is 2. The van der Waals surface area contributed by atoms with Crippen molar-refractivity contribution in [2.45, 2.75) is 17.7 Å². The molecule has 1 aliphatic heterocycles. The van der Waals surface area contributed by atoms with Crippen LogP contribution in [0.4, 0.5) is 5.69 Å². The van der Waals surface area contributed by atoms with Gasteiger partial charge in [0.05, 0.1) is 17.8 Å². The summed E-state index contributed by atoms with van der Waals surface area (Å²) in [4.78, 5) is 30.5. The van der Waals surface area contributed by atoms with Gasteiger partial charge >= 0.3 is 0 Å². The molecule has 148 valence electrons. The van der Waals surface area contributed by atoms with Crippen LogP contribution in [0.3, 0.4) is 0 Å². The molecule has 0 radical (unpaired) electrons. The Kier molecular flexibility index (Phi) is 5.01. The first-order chi connectivity index (χ1) is 13.8. The molecule has 1 N–H and O–H groups in total. The number of carbonyl (C=O) groups is 2. The number of sulfonamides is 1. The Balaban J connectivity index is 1.54. The van der Waals surface area contributed by atoms with E-state index in [4.69, 9.17) is 0 Å². The molecule has 0 unspecified atom stereocenters. The molecule has 10 heteroatoms. The fraction of sp³-hybridized carbons (Fsp3) is 0.105. The third-order valence-electron chi connectivity index (χ3n) is 4.32. The van der Waals surface area contributed by atoms with Gasteiger partial charge < -0.3 is 0 Å². The van der Waals surface area contributed by atoms with Crippen LogP contribution in [0.1, 0.15) is 31.3 Å². The van der Waals surface area contributed by atoms with Crippen molar-refractivity contribution in [3.63, 3.8) is 0 Å². The molecule has 0 spiro atoms. The van der Waals surface area contributed by atoms with Crippen molar-refractivity contribution < 1.29 is 18.0 Å². The zero-order chi connectivity index (χ0) is 20.8. The van der Waals surface area contributed by atoms with Crippen LogP contribution in [0.2, 0.25) is 0 Å². The molecule has 3 heterocycles. The van der Waals surface area contributed by atoms with Crippen LogP contribution >= 0.6 is 27.3 Å².